The number of nitrogen functional groups attached to an aromatic ring is 1. The molecule has 132 valence electrons. The van der Waals surface area contributed by atoms with Crippen molar-refractivity contribution in [3.8, 4) is 11.5 Å². The second-order valence-electron chi connectivity index (χ2n) is 5.54. The lowest BCUT2D eigenvalue weighted by molar-refractivity contribution is 0.102. The molecule has 0 radical (unpaired) electrons. The fraction of sp³-hybridized carbons (Fsp3) is 0.0500. The van der Waals surface area contributed by atoms with Crippen molar-refractivity contribution in [3.63, 3.8) is 0 Å². The lowest BCUT2D eigenvalue weighted by Gasteiger charge is -2.10. The molecule has 5 nitrogen and oxygen atoms in total. The normalized spacial score (nSPS) is 10.3. The molecule has 0 saturated heterocycles. The van der Waals surface area contributed by atoms with E-state index in [2.05, 4.69) is 5.32 Å². The number of carbonyl (C=O) groups excluding carboxylic acids is 1. The third-order valence-corrected chi connectivity index (χ3v) is 4.73. The number of amides is 1. The van der Waals surface area contributed by atoms with E-state index >= 15 is 0 Å². The molecule has 0 atom stereocenters. The van der Waals surface area contributed by atoms with Crippen molar-refractivity contribution in [2.24, 2.45) is 0 Å². The number of anilines is 2. The number of hydrogen-bond donors (Lipinski definition) is 3. The van der Waals surface area contributed by atoms with E-state index in [9.17, 15) is 9.90 Å². The molecule has 0 fully saturated rings. The zero-order chi connectivity index (χ0) is 18.5. The molecule has 0 heterocycles. The van der Waals surface area contributed by atoms with Gasteiger partial charge in [-0.15, -0.1) is 0 Å². The number of ether oxygens (including phenoxy) is 1. The first kappa shape index (κ1) is 17.7. The van der Waals surface area contributed by atoms with Gasteiger partial charge >= 0.3 is 0 Å². The Kier molecular flexibility index (Phi) is 5.34. The van der Waals surface area contributed by atoms with Crippen LogP contribution in [0.5, 0.6) is 11.5 Å². The quantitative estimate of drug-likeness (QED) is 0.583. The molecular weight excluding hydrogens is 348 g/mol. The maximum Gasteiger partial charge on any atom is 0.255 e. The molecular formula is C20H18N2O3S. The molecule has 3 aromatic rings. The van der Waals surface area contributed by atoms with Gasteiger partial charge in [0.05, 0.1) is 7.11 Å². The van der Waals surface area contributed by atoms with Crippen LogP contribution in [0, 0.1) is 0 Å². The van der Waals surface area contributed by atoms with E-state index < -0.39 is 0 Å². The highest BCUT2D eigenvalue weighted by molar-refractivity contribution is 7.99. The third-order valence-electron chi connectivity index (χ3n) is 3.65. The summed E-state index contributed by atoms with van der Waals surface area (Å²) in [6, 6.07) is 19.2. The highest BCUT2D eigenvalue weighted by Gasteiger charge is 2.09. The Morgan fingerprint density at radius 3 is 2.62 bits per heavy atom. The fourth-order valence-electron chi connectivity index (χ4n) is 2.36. The molecule has 1 amide bonds. The Balaban J connectivity index is 1.73. The van der Waals surface area contributed by atoms with Crippen LogP contribution in [0.15, 0.2) is 76.5 Å². The van der Waals surface area contributed by atoms with Crippen LogP contribution in [0.1, 0.15) is 10.4 Å². The molecule has 0 spiro atoms. The second-order valence-corrected chi connectivity index (χ2v) is 6.65. The van der Waals surface area contributed by atoms with E-state index in [-0.39, 0.29) is 11.7 Å². The number of methoxy groups -OCH3 is 1. The number of carbonyl (C=O) groups is 1. The number of phenolic OH excluding ortho intramolecular Hbond substituents is 1. The summed E-state index contributed by atoms with van der Waals surface area (Å²) in [5.41, 5.74) is 7.76. The Morgan fingerprint density at radius 2 is 1.88 bits per heavy atom. The lowest BCUT2D eigenvalue weighted by atomic mass is 10.2. The van der Waals surface area contributed by atoms with Gasteiger partial charge < -0.3 is 20.9 Å². The van der Waals surface area contributed by atoms with Gasteiger partial charge in [-0.05, 0) is 54.6 Å². The van der Waals surface area contributed by atoms with Gasteiger partial charge in [0.15, 0.2) is 0 Å². The SMILES string of the molecule is COc1cccc(C(=O)Nc2ccc(Sc3cccc(O)c3)c(N)c2)c1. The second kappa shape index (κ2) is 7.84. The van der Waals surface area contributed by atoms with Crippen LogP contribution in [0.4, 0.5) is 11.4 Å². The molecule has 26 heavy (non-hydrogen) atoms. The molecule has 0 aromatic heterocycles. The topological polar surface area (TPSA) is 84.6 Å². The summed E-state index contributed by atoms with van der Waals surface area (Å²) in [4.78, 5) is 14.1. The first-order chi connectivity index (χ1) is 12.5. The van der Waals surface area contributed by atoms with Crippen molar-refractivity contribution in [2.75, 3.05) is 18.2 Å². The van der Waals surface area contributed by atoms with Crippen LogP contribution in [0.25, 0.3) is 0 Å². The van der Waals surface area contributed by atoms with Gasteiger partial charge in [-0.25, -0.2) is 0 Å². The molecule has 0 aliphatic carbocycles. The van der Waals surface area contributed by atoms with E-state index in [0.717, 1.165) is 9.79 Å². The predicted molar refractivity (Wildman–Crippen MR) is 104 cm³/mol. The summed E-state index contributed by atoms with van der Waals surface area (Å²) in [6.07, 6.45) is 0. The first-order valence-electron chi connectivity index (χ1n) is 7.87. The molecule has 0 saturated carbocycles. The summed E-state index contributed by atoms with van der Waals surface area (Å²) in [5, 5.41) is 12.4. The largest absolute Gasteiger partial charge is 0.508 e. The zero-order valence-corrected chi connectivity index (χ0v) is 14.9. The van der Waals surface area contributed by atoms with Crippen molar-refractivity contribution in [3.05, 3.63) is 72.3 Å². The average molecular weight is 366 g/mol. The van der Waals surface area contributed by atoms with Gasteiger partial charge in [-0.1, -0.05) is 23.9 Å². The van der Waals surface area contributed by atoms with Gasteiger partial charge in [-0.2, -0.15) is 0 Å². The molecule has 0 bridgehead atoms. The highest BCUT2D eigenvalue weighted by Crippen LogP contribution is 2.34. The minimum Gasteiger partial charge on any atom is -0.508 e. The number of nitrogens with two attached hydrogens (primary N) is 1. The lowest BCUT2D eigenvalue weighted by Crippen LogP contribution is -2.12. The van der Waals surface area contributed by atoms with Crippen LogP contribution in [0.3, 0.4) is 0 Å². The Hall–Kier alpha value is -3.12. The minimum absolute atomic E-state index is 0.204. The molecule has 0 unspecified atom stereocenters. The maximum atomic E-state index is 12.4. The smallest absolute Gasteiger partial charge is 0.255 e. The molecule has 3 aromatic carbocycles. The molecule has 4 N–H and O–H groups in total. The Morgan fingerprint density at radius 1 is 1.08 bits per heavy atom. The number of aromatic hydroxyl groups is 1. The van der Waals surface area contributed by atoms with Crippen molar-refractivity contribution >= 4 is 29.0 Å². The van der Waals surface area contributed by atoms with Gasteiger partial charge in [0.2, 0.25) is 0 Å². The van der Waals surface area contributed by atoms with Crippen molar-refractivity contribution in [1.82, 2.24) is 0 Å². The maximum absolute atomic E-state index is 12.4. The Labute approximate surface area is 155 Å². The number of rotatable bonds is 5. The number of nitrogens with one attached hydrogen (secondary N) is 1. The number of phenols is 1. The summed E-state index contributed by atoms with van der Waals surface area (Å²) in [5.74, 6) is 0.586. The van der Waals surface area contributed by atoms with Crippen LogP contribution in [-0.4, -0.2) is 18.1 Å². The van der Waals surface area contributed by atoms with E-state index in [1.165, 1.54) is 11.8 Å². The molecule has 0 aliphatic rings. The van der Waals surface area contributed by atoms with Crippen molar-refractivity contribution in [1.29, 1.82) is 0 Å². The monoisotopic (exact) mass is 366 g/mol. The van der Waals surface area contributed by atoms with Crippen LogP contribution in [-0.2, 0) is 0 Å². The predicted octanol–water partition coefficient (Wildman–Crippen LogP) is 4.39. The van der Waals surface area contributed by atoms with Crippen LogP contribution >= 0.6 is 11.8 Å². The number of hydrogen-bond acceptors (Lipinski definition) is 5. The molecule has 3 rings (SSSR count). The van der Waals surface area contributed by atoms with Gasteiger partial charge in [0.1, 0.15) is 11.5 Å². The minimum atomic E-state index is -0.239. The van der Waals surface area contributed by atoms with Crippen molar-refractivity contribution in [2.45, 2.75) is 9.79 Å². The van der Waals surface area contributed by atoms with Gasteiger partial charge in [-0.3, -0.25) is 4.79 Å². The van der Waals surface area contributed by atoms with Crippen LogP contribution in [0.2, 0.25) is 0 Å². The number of benzene rings is 3. The van der Waals surface area contributed by atoms with E-state index in [1.54, 1.807) is 61.7 Å². The highest BCUT2D eigenvalue weighted by atomic mass is 32.2. The van der Waals surface area contributed by atoms with E-state index in [1.807, 2.05) is 12.1 Å². The van der Waals surface area contributed by atoms with E-state index in [0.29, 0.717) is 22.7 Å². The Bertz CT molecular complexity index is 944. The standard InChI is InChI=1S/C20H18N2O3S/c1-25-16-6-2-4-13(10-16)20(24)22-14-8-9-19(18(21)11-14)26-17-7-3-5-15(23)12-17/h2-12,23H,21H2,1H3,(H,22,24). The van der Waals surface area contributed by atoms with Gasteiger partial charge in [0, 0.05) is 26.7 Å². The average Bonchev–Trinajstić information content (AvgIpc) is 2.64. The first-order valence-corrected chi connectivity index (χ1v) is 8.68. The third kappa shape index (κ3) is 4.29. The zero-order valence-electron chi connectivity index (χ0n) is 14.1. The van der Waals surface area contributed by atoms with Crippen molar-refractivity contribution < 1.29 is 14.6 Å². The summed E-state index contributed by atoms with van der Waals surface area (Å²) >= 11 is 1.44. The van der Waals surface area contributed by atoms with Crippen LogP contribution < -0.4 is 15.8 Å². The summed E-state index contributed by atoms with van der Waals surface area (Å²) in [6.45, 7) is 0. The molecule has 0 aliphatic heterocycles. The molecule has 6 heteroatoms. The van der Waals surface area contributed by atoms with Gasteiger partial charge in [0.25, 0.3) is 5.91 Å². The summed E-state index contributed by atoms with van der Waals surface area (Å²) in [7, 11) is 1.56. The van der Waals surface area contributed by atoms with E-state index in [4.69, 9.17) is 10.5 Å². The fourth-order valence-corrected chi connectivity index (χ4v) is 3.25. The summed E-state index contributed by atoms with van der Waals surface area (Å²) < 4.78 is 5.13.